The first-order chi connectivity index (χ1) is 7.77. The molecule has 0 aliphatic rings. The number of rotatable bonds is 2. The van der Waals surface area contributed by atoms with Gasteiger partial charge in [-0.15, -0.1) is 0 Å². The molecule has 3 nitrogen and oxygen atoms in total. The topological polar surface area (TPSA) is 55.3 Å². The average Bonchev–Trinajstić information content (AvgIpc) is 2.20. The lowest BCUT2D eigenvalue weighted by atomic mass is 10.2. The molecule has 1 aromatic rings. The number of benzene rings is 1. The minimum absolute atomic E-state index is 0.0217. The first kappa shape index (κ1) is 14.0. The highest BCUT2D eigenvalue weighted by atomic mass is 35.5. The molecule has 0 aromatic heterocycles. The quantitative estimate of drug-likeness (QED) is 0.648. The number of halogens is 5. The highest BCUT2D eigenvalue weighted by molar-refractivity contribution is 6.42. The maximum absolute atomic E-state index is 12.6. The monoisotopic (exact) mass is 285 g/mol. The molecule has 0 radical (unpaired) electrons. The molecule has 0 spiro atoms. The van der Waals surface area contributed by atoms with Gasteiger partial charge in [-0.2, -0.15) is 13.2 Å². The Bertz CT molecular complexity index is 446. The van der Waals surface area contributed by atoms with Crippen LogP contribution in [0.5, 0.6) is 0 Å². The van der Waals surface area contributed by atoms with E-state index in [2.05, 4.69) is 0 Å². The van der Waals surface area contributed by atoms with Crippen molar-refractivity contribution in [3.05, 3.63) is 40.1 Å². The molecule has 0 saturated heterocycles. The van der Waals surface area contributed by atoms with Crippen molar-refractivity contribution in [3.63, 3.8) is 0 Å². The first-order valence-electron chi connectivity index (χ1n) is 4.26. The third kappa shape index (κ3) is 3.18. The summed E-state index contributed by atoms with van der Waals surface area (Å²) >= 11 is 11.1. The molecule has 0 amide bonds. The van der Waals surface area contributed by atoms with Gasteiger partial charge in [0.1, 0.15) is 0 Å². The number of nitrogens with zero attached hydrogens (tertiary/aromatic N) is 1. The highest BCUT2D eigenvalue weighted by Gasteiger charge is 2.34. The summed E-state index contributed by atoms with van der Waals surface area (Å²) in [5, 5.41) is 0.0997. The van der Waals surface area contributed by atoms with Crippen LogP contribution in [0.3, 0.4) is 0 Å². The zero-order valence-electron chi connectivity index (χ0n) is 8.30. The van der Waals surface area contributed by atoms with Gasteiger partial charge in [-0.05, 0) is 12.1 Å². The fourth-order valence-corrected chi connectivity index (χ4v) is 1.54. The molecule has 0 aliphatic heterocycles. The number of hydrogen-bond acceptors (Lipinski definition) is 3. The van der Waals surface area contributed by atoms with Crippen LogP contribution in [0, 0.1) is 0 Å². The number of alkyl halides is 3. The zero-order chi connectivity index (χ0) is 13.2. The van der Waals surface area contributed by atoms with E-state index in [4.69, 9.17) is 34.8 Å². The van der Waals surface area contributed by atoms with Gasteiger partial charge in [0.25, 0.3) is 0 Å². The van der Waals surface area contributed by atoms with Crippen molar-refractivity contribution in [1.29, 1.82) is 0 Å². The Kier molecular flexibility index (Phi) is 4.13. The molecule has 94 valence electrons. The molecule has 8 heteroatoms. The molecular formula is C9H8Cl2F3N3. The average molecular weight is 286 g/mol. The standard InChI is InChI=1S/C9H8Cl2F3N3/c10-7-4-5(17(16)2-1-15)3-6(8(7)11)9(12,13)14/h1-4H,15-16H2/b2-1-. The van der Waals surface area contributed by atoms with Crippen LogP contribution in [-0.4, -0.2) is 0 Å². The molecule has 0 saturated carbocycles. The van der Waals surface area contributed by atoms with Crippen LogP contribution >= 0.6 is 23.2 Å². The summed E-state index contributed by atoms with van der Waals surface area (Å²) in [7, 11) is 0. The van der Waals surface area contributed by atoms with E-state index < -0.39 is 16.8 Å². The summed E-state index contributed by atoms with van der Waals surface area (Å²) in [5.41, 5.74) is 4.04. The lowest BCUT2D eigenvalue weighted by molar-refractivity contribution is -0.137. The smallest absolute Gasteiger partial charge is 0.403 e. The van der Waals surface area contributed by atoms with E-state index in [1.54, 1.807) is 0 Å². The fraction of sp³-hybridized carbons (Fsp3) is 0.111. The Labute approximate surface area is 105 Å². The number of hydrogen-bond donors (Lipinski definition) is 2. The highest BCUT2D eigenvalue weighted by Crippen LogP contribution is 2.40. The van der Waals surface area contributed by atoms with Crippen molar-refractivity contribution in [3.8, 4) is 0 Å². The first-order valence-corrected chi connectivity index (χ1v) is 5.01. The predicted molar refractivity (Wildman–Crippen MR) is 61.5 cm³/mol. The second-order valence-corrected chi connectivity index (χ2v) is 3.82. The minimum Gasteiger partial charge on any atom is -0.403 e. The van der Waals surface area contributed by atoms with Crippen molar-refractivity contribution >= 4 is 28.9 Å². The molecule has 0 fully saturated rings. The van der Waals surface area contributed by atoms with Crippen LogP contribution in [0.1, 0.15) is 5.56 Å². The van der Waals surface area contributed by atoms with E-state index in [-0.39, 0.29) is 10.7 Å². The maximum atomic E-state index is 12.6. The summed E-state index contributed by atoms with van der Waals surface area (Å²) in [4.78, 5) is 0. The summed E-state index contributed by atoms with van der Waals surface area (Å²) in [5.74, 6) is 5.43. The Balaban J connectivity index is 3.34. The molecular weight excluding hydrogens is 278 g/mol. The molecule has 0 unspecified atom stereocenters. The molecule has 0 aliphatic carbocycles. The normalized spacial score (nSPS) is 12.1. The summed E-state index contributed by atoms with van der Waals surface area (Å²) < 4.78 is 37.8. The van der Waals surface area contributed by atoms with Crippen molar-refractivity contribution in [2.75, 3.05) is 5.01 Å². The van der Waals surface area contributed by atoms with Gasteiger partial charge in [0.2, 0.25) is 0 Å². The number of nitrogens with two attached hydrogens (primary N) is 2. The van der Waals surface area contributed by atoms with Crippen molar-refractivity contribution in [1.82, 2.24) is 0 Å². The number of hydrazine groups is 1. The molecule has 17 heavy (non-hydrogen) atoms. The summed E-state index contributed by atoms with van der Waals surface area (Å²) in [6.07, 6.45) is -2.35. The molecule has 4 N–H and O–H groups in total. The van der Waals surface area contributed by atoms with E-state index in [0.29, 0.717) is 0 Å². The van der Waals surface area contributed by atoms with Crippen LogP contribution in [0.25, 0.3) is 0 Å². The van der Waals surface area contributed by atoms with E-state index in [1.165, 1.54) is 12.3 Å². The second kappa shape index (κ2) is 5.03. The van der Waals surface area contributed by atoms with Crippen molar-refractivity contribution in [2.24, 2.45) is 11.6 Å². The van der Waals surface area contributed by atoms with E-state index >= 15 is 0 Å². The van der Waals surface area contributed by atoms with Crippen molar-refractivity contribution in [2.45, 2.75) is 6.18 Å². The Hall–Kier alpha value is -1.11. The summed E-state index contributed by atoms with van der Waals surface area (Å²) in [6, 6.07) is 1.99. The van der Waals surface area contributed by atoms with E-state index in [9.17, 15) is 13.2 Å². The summed E-state index contributed by atoms with van der Waals surface area (Å²) in [6.45, 7) is 0. The van der Waals surface area contributed by atoms with Gasteiger partial charge < -0.3 is 5.73 Å². The third-order valence-electron chi connectivity index (χ3n) is 1.86. The van der Waals surface area contributed by atoms with Gasteiger partial charge in [-0.25, -0.2) is 5.84 Å². The van der Waals surface area contributed by atoms with E-state index in [0.717, 1.165) is 17.3 Å². The van der Waals surface area contributed by atoms with Crippen LogP contribution < -0.4 is 16.6 Å². The van der Waals surface area contributed by atoms with Crippen LogP contribution in [0.15, 0.2) is 24.5 Å². The molecule has 1 rings (SSSR count). The lowest BCUT2D eigenvalue weighted by Gasteiger charge is -2.17. The van der Waals surface area contributed by atoms with Gasteiger partial charge in [-0.1, -0.05) is 23.2 Å². The Morgan fingerprint density at radius 2 is 1.82 bits per heavy atom. The number of anilines is 1. The van der Waals surface area contributed by atoms with Gasteiger partial charge in [0, 0.05) is 12.4 Å². The minimum atomic E-state index is -4.61. The van der Waals surface area contributed by atoms with Crippen LogP contribution in [0.2, 0.25) is 10.0 Å². The van der Waals surface area contributed by atoms with Gasteiger partial charge >= 0.3 is 6.18 Å². The second-order valence-electron chi connectivity index (χ2n) is 3.04. The third-order valence-corrected chi connectivity index (χ3v) is 2.67. The van der Waals surface area contributed by atoms with Gasteiger partial charge in [0.15, 0.2) is 0 Å². The molecule has 1 aromatic carbocycles. The van der Waals surface area contributed by atoms with Crippen LogP contribution in [-0.2, 0) is 6.18 Å². The van der Waals surface area contributed by atoms with Gasteiger partial charge in [0.05, 0.1) is 21.3 Å². The SMILES string of the molecule is N/C=C\N(N)c1cc(Cl)c(Cl)c(C(F)(F)F)c1. The largest absolute Gasteiger partial charge is 0.417 e. The molecule has 0 atom stereocenters. The van der Waals surface area contributed by atoms with Gasteiger partial charge in [-0.3, -0.25) is 5.01 Å². The Morgan fingerprint density at radius 3 is 2.29 bits per heavy atom. The molecule has 0 heterocycles. The molecule has 0 bridgehead atoms. The lowest BCUT2D eigenvalue weighted by Crippen LogP contribution is -2.25. The van der Waals surface area contributed by atoms with Crippen molar-refractivity contribution < 1.29 is 13.2 Å². The predicted octanol–water partition coefficient (Wildman–Crippen LogP) is 3.12. The van der Waals surface area contributed by atoms with E-state index in [1.807, 2.05) is 0 Å². The Morgan fingerprint density at radius 1 is 1.24 bits per heavy atom. The van der Waals surface area contributed by atoms with Crippen LogP contribution in [0.4, 0.5) is 18.9 Å². The fourth-order valence-electron chi connectivity index (χ4n) is 1.11. The zero-order valence-corrected chi connectivity index (χ0v) is 9.81. The maximum Gasteiger partial charge on any atom is 0.417 e.